The van der Waals surface area contributed by atoms with E-state index in [9.17, 15) is 4.79 Å². The molecule has 0 saturated heterocycles. The number of aromatic amines is 1. The van der Waals surface area contributed by atoms with Gasteiger partial charge < -0.3 is 16.0 Å². The molecule has 0 aliphatic rings. The fourth-order valence-corrected chi connectivity index (χ4v) is 1.06. The molecule has 0 fully saturated rings. The van der Waals surface area contributed by atoms with E-state index in [1.807, 2.05) is 0 Å². The first-order chi connectivity index (χ1) is 6.24. The van der Waals surface area contributed by atoms with Crippen LogP contribution in [0.5, 0.6) is 0 Å². The van der Waals surface area contributed by atoms with Crippen molar-refractivity contribution in [1.82, 2.24) is 10.3 Å². The van der Waals surface area contributed by atoms with Gasteiger partial charge in [0, 0.05) is 12.7 Å². The molecule has 0 unspecified atom stereocenters. The third-order valence-corrected chi connectivity index (χ3v) is 1.78. The van der Waals surface area contributed by atoms with Gasteiger partial charge in [-0.25, -0.2) is 0 Å². The van der Waals surface area contributed by atoms with Crippen molar-refractivity contribution < 1.29 is 4.79 Å². The molecule has 1 aromatic heterocycles. The molecule has 1 rings (SSSR count). The molecule has 13 heavy (non-hydrogen) atoms. The van der Waals surface area contributed by atoms with E-state index in [1.54, 1.807) is 12.3 Å². The smallest absolute Gasteiger partial charge is 0.267 e. The molecule has 0 bridgehead atoms. The molecule has 1 amide bonds. The predicted molar refractivity (Wildman–Crippen MR) is 51.8 cm³/mol. The molecular formula is C8H12ClN3O. The molecule has 0 aliphatic carbocycles. The Morgan fingerprint density at radius 2 is 2.46 bits per heavy atom. The second-order valence-corrected chi connectivity index (χ2v) is 3.07. The first-order valence-corrected chi connectivity index (χ1v) is 4.44. The molecule has 72 valence electrons. The highest BCUT2D eigenvalue weighted by atomic mass is 35.5. The van der Waals surface area contributed by atoms with E-state index in [2.05, 4.69) is 10.3 Å². The van der Waals surface area contributed by atoms with E-state index in [4.69, 9.17) is 17.3 Å². The lowest BCUT2D eigenvalue weighted by atomic mass is 10.4. The normalized spacial score (nSPS) is 10.0. The van der Waals surface area contributed by atoms with Gasteiger partial charge in [-0.2, -0.15) is 0 Å². The lowest BCUT2D eigenvalue weighted by Crippen LogP contribution is -2.26. The molecule has 0 saturated carbocycles. The minimum Gasteiger partial charge on any atom is -0.356 e. The fraction of sp³-hybridized carbons (Fsp3) is 0.375. The number of hydrogen-bond donors (Lipinski definition) is 3. The fourth-order valence-electron chi connectivity index (χ4n) is 0.898. The van der Waals surface area contributed by atoms with Crippen molar-refractivity contribution >= 4 is 17.5 Å². The van der Waals surface area contributed by atoms with Crippen molar-refractivity contribution in [3.63, 3.8) is 0 Å². The third-order valence-electron chi connectivity index (χ3n) is 1.56. The van der Waals surface area contributed by atoms with Gasteiger partial charge in [0.15, 0.2) is 0 Å². The van der Waals surface area contributed by atoms with Gasteiger partial charge >= 0.3 is 0 Å². The van der Waals surface area contributed by atoms with Crippen molar-refractivity contribution in [3.8, 4) is 0 Å². The molecule has 0 aliphatic heterocycles. The zero-order chi connectivity index (χ0) is 9.68. The summed E-state index contributed by atoms with van der Waals surface area (Å²) in [6.45, 7) is 1.16. The summed E-state index contributed by atoms with van der Waals surface area (Å²) in [7, 11) is 0. The number of carbonyl (C=O) groups is 1. The van der Waals surface area contributed by atoms with Gasteiger partial charge in [0.05, 0.1) is 5.02 Å². The van der Waals surface area contributed by atoms with E-state index in [0.717, 1.165) is 6.42 Å². The lowest BCUT2D eigenvalue weighted by Gasteiger charge is -2.00. The number of H-pyrrole nitrogens is 1. The summed E-state index contributed by atoms with van der Waals surface area (Å²) >= 11 is 5.63. The third kappa shape index (κ3) is 3.08. The maximum Gasteiger partial charge on any atom is 0.267 e. The van der Waals surface area contributed by atoms with Crippen LogP contribution >= 0.6 is 11.6 Å². The minimum absolute atomic E-state index is 0.152. The Balaban J connectivity index is 2.40. The lowest BCUT2D eigenvalue weighted by molar-refractivity contribution is 0.0949. The quantitative estimate of drug-likeness (QED) is 0.629. The highest BCUT2D eigenvalue weighted by molar-refractivity contribution is 6.30. The Morgan fingerprint density at radius 3 is 3.00 bits per heavy atom. The number of hydrogen-bond acceptors (Lipinski definition) is 2. The number of carbonyl (C=O) groups excluding carboxylic acids is 1. The highest BCUT2D eigenvalue weighted by Gasteiger charge is 2.05. The number of aromatic nitrogens is 1. The van der Waals surface area contributed by atoms with Gasteiger partial charge in [-0.15, -0.1) is 0 Å². The summed E-state index contributed by atoms with van der Waals surface area (Å²) in [6.07, 6.45) is 2.35. The van der Waals surface area contributed by atoms with Crippen molar-refractivity contribution in [2.45, 2.75) is 6.42 Å². The number of halogens is 1. The molecule has 5 heteroatoms. The highest BCUT2D eigenvalue weighted by Crippen LogP contribution is 2.08. The van der Waals surface area contributed by atoms with Crippen LogP contribution in [0.25, 0.3) is 0 Å². The van der Waals surface area contributed by atoms with Crippen molar-refractivity contribution in [1.29, 1.82) is 0 Å². The first-order valence-electron chi connectivity index (χ1n) is 4.06. The van der Waals surface area contributed by atoms with Gasteiger partial charge in [0.1, 0.15) is 5.69 Å². The molecule has 0 atom stereocenters. The Kier molecular flexibility index (Phi) is 3.79. The molecular weight excluding hydrogens is 190 g/mol. The predicted octanol–water partition coefficient (Wildman–Crippen LogP) is 0.747. The van der Waals surface area contributed by atoms with Crippen LogP contribution in [0.15, 0.2) is 12.3 Å². The van der Waals surface area contributed by atoms with Gasteiger partial charge in [0.25, 0.3) is 5.91 Å². The Labute approximate surface area is 81.5 Å². The molecule has 0 radical (unpaired) electrons. The van der Waals surface area contributed by atoms with Crippen LogP contribution in [0.1, 0.15) is 16.9 Å². The second-order valence-electron chi connectivity index (χ2n) is 2.63. The minimum atomic E-state index is -0.152. The Hall–Kier alpha value is -1.00. The van der Waals surface area contributed by atoms with Crippen LogP contribution in [0.4, 0.5) is 0 Å². The summed E-state index contributed by atoms with van der Waals surface area (Å²) in [5, 5.41) is 3.24. The van der Waals surface area contributed by atoms with Gasteiger partial charge in [0.2, 0.25) is 0 Å². The maximum absolute atomic E-state index is 11.3. The summed E-state index contributed by atoms with van der Waals surface area (Å²) < 4.78 is 0. The molecule has 0 aromatic carbocycles. The average molecular weight is 202 g/mol. The van der Waals surface area contributed by atoms with Gasteiger partial charge in [-0.3, -0.25) is 4.79 Å². The Bertz CT molecular complexity index is 285. The van der Waals surface area contributed by atoms with Crippen molar-refractivity contribution in [2.75, 3.05) is 13.1 Å². The van der Waals surface area contributed by atoms with E-state index < -0.39 is 0 Å². The SMILES string of the molecule is NCCCNC(=O)c1cc(Cl)c[nH]1. The molecule has 0 spiro atoms. The van der Waals surface area contributed by atoms with Crippen LogP contribution in [0.2, 0.25) is 5.02 Å². The van der Waals surface area contributed by atoms with Crippen LogP contribution < -0.4 is 11.1 Å². The average Bonchev–Trinajstić information content (AvgIpc) is 2.52. The van der Waals surface area contributed by atoms with Crippen LogP contribution in [0.3, 0.4) is 0 Å². The van der Waals surface area contributed by atoms with E-state index in [0.29, 0.717) is 23.8 Å². The van der Waals surface area contributed by atoms with Crippen molar-refractivity contribution in [2.24, 2.45) is 5.73 Å². The maximum atomic E-state index is 11.3. The van der Waals surface area contributed by atoms with Crippen molar-refractivity contribution in [3.05, 3.63) is 23.0 Å². The van der Waals surface area contributed by atoms with Crippen LogP contribution in [0, 0.1) is 0 Å². The second kappa shape index (κ2) is 4.89. The van der Waals surface area contributed by atoms with E-state index >= 15 is 0 Å². The first kappa shape index (κ1) is 10.1. The molecule has 1 heterocycles. The van der Waals surface area contributed by atoms with Gasteiger partial charge in [-0.05, 0) is 19.0 Å². The summed E-state index contributed by atoms with van der Waals surface area (Å²) in [5.41, 5.74) is 5.75. The summed E-state index contributed by atoms with van der Waals surface area (Å²) in [5.74, 6) is -0.152. The number of amides is 1. The molecule has 4 N–H and O–H groups in total. The number of rotatable bonds is 4. The monoisotopic (exact) mass is 201 g/mol. The van der Waals surface area contributed by atoms with Crippen LogP contribution in [-0.2, 0) is 0 Å². The number of nitrogens with two attached hydrogens (primary N) is 1. The largest absolute Gasteiger partial charge is 0.356 e. The summed E-state index contributed by atoms with van der Waals surface area (Å²) in [4.78, 5) is 14.0. The van der Waals surface area contributed by atoms with Gasteiger partial charge in [-0.1, -0.05) is 11.6 Å². The van der Waals surface area contributed by atoms with E-state index in [-0.39, 0.29) is 5.91 Å². The standard InChI is InChI=1S/C8H12ClN3O/c9-6-4-7(12-5-6)8(13)11-3-1-2-10/h4-5,12H,1-3,10H2,(H,11,13). The van der Waals surface area contributed by atoms with Crippen LogP contribution in [-0.4, -0.2) is 24.0 Å². The molecule has 1 aromatic rings. The van der Waals surface area contributed by atoms with E-state index in [1.165, 1.54) is 0 Å². The zero-order valence-corrected chi connectivity index (χ0v) is 7.90. The number of nitrogens with one attached hydrogen (secondary N) is 2. The molecule has 4 nitrogen and oxygen atoms in total. The Morgan fingerprint density at radius 1 is 1.69 bits per heavy atom. The summed E-state index contributed by atoms with van der Waals surface area (Å²) in [6, 6.07) is 1.58. The topological polar surface area (TPSA) is 70.9 Å². The zero-order valence-electron chi connectivity index (χ0n) is 7.14.